The quantitative estimate of drug-likeness (QED) is 0.804. The van der Waals surface area contributed by atoms with Crippen LogP contribution in [-0.4, -0.2) is 53.2 Å². The Morgan fingerprint density at radius 2 is 1.79 bits per heavy atom. The first kappa shape index (κ1) is 20.0. The van der Waals surface area contributed by atoms with Gasteiger partial charge in [0.25, 0.3) is 17.7 Å². The number of nitrogens with one attached hydrogen (secondary N) is 1. The van der Waals surface area contributed by atoms with Crippen LogP contribution in [0.5, 0.6) is 0 Å². The number of piperazine rings is 1. The Hall–Kier alpha value is -2.70. The van der Waals surface area contributed by atoms with Gasteiger partial charge in [-0.15, -0.1) is 12.4 Å². The first-order valence-electron chi connectivity index (χ1n) is 9.12. The zero-order valence-corrected chi connectivity index (χ0v) is 16.4. The summed E-state index contributed by atoms with van der Waals surface area (Å²) in [6.45, 7) is 4.35. The minimum atomic E-state index is -0.345. The second kappa shape index (κ2) is 8.12. The number of hydrogen-bond donors (Lipinski definition) is 1. The number of carbonyl (C=O) groups is 3. The molecule has 146 valence electrons. The summed E-state index contributed by atoms with van der Waals surface area (Å²) in [5.41, 5.74) is 2.01. The van der Waals surface area contributed by atoms with Gasteiger partial charge in [-0.05, 0) is 30.7 Å². The van der Waals surface area contributed by atoms with Crippen molar-refractivity contribution in [3.63, 3.8) is 0 Å². The highest BCUT2D eigenvalue weighted by atomic mass is 35.5. The molecule has 2 aliphatic heterocycles. The smallest absolute Gasteiger partial charge is 0.261 e. The number of halogens is 1. The van der Waals surface area contributed by atoms with E-state index in [1.54, 1.807) is 23.1 Å². The van der Waals surface area contributed by atoms with Gasteiger partial charge in [0.05, 0.1) is 17.7 Å². The van der Waals surface area contributed by atoms with Crippen molar-refractivity contribution >= 4 is 30.1 Å². The Bertz CT molecular complexity index is 916. The van der Waals surface area contributed by atoms with Crippen molar-refractivity contribution in [1.29, 1.82) is 0 Å². The third kappa shape index (κ3) is 3.53. The molecule has 2 heterocycles. The zero-order chi connectivity index (χ0) is 19.0. The summed E-state index contributed by atoms with van der Waals surface area (Å²) in [5.74, 6) is -0.760. The minimum Gasteiger partial charge on any atom is -0.333 e. The van der Waals surface area contributed by atoms with E-state index in [0.717, 1.165) is 18.7 Å². The molecule has 28 heavy (non-hydrogen) atoms. The van der Waals surface area contributed by atoms with E-state index in [-0.39, 0.29) is 42.7 Å². The number of fused-ring (bicyclic) bond motifs is 1. The first-order chi connectivity index (χ1) is 13.1. The molecule has 7 heteroatoms. The van der Waals surface area contributed by atoms with Crippen molar-refractivity contribution in [2.24, 2.45) is 0 Å². The molecule has 1 atom stereocenters. The highest BCUT2D eigenvalue weighted by Gasteiger charge is 2.36. The van der Waals surface area contributed by atoms with Gasteiger partial charge in [0.15, 0.2) is 0 Å². The fraction of sp³-hybridized carbons (Fsp3) is 0.286. The number of rotatable bonds is 3. The Morgan fingerprint density at radius 3 is 2.50 bits per heavy atom. The van der Waals surface area contributed by atoms with E-state index in [1.807, 2.05) is 37.3 Å². The Labute approximate surface area is 169 Å². The van der Waals surface area contributed by atoms with Gasteiger partial charge in [0.1, 0.15) is 0 Å². The molecule has 2 aliphatic rings. The molecule has 0 radical (unpaired) electrons. The van der Waals surface area contributed by atoms with Crippen LogP contribution in [-0.2, 0) is 6.54 Å². The van der Waals surface area contributed by atoms with Crippen molar-refractivity contribution in [2.75, 3.05) is 19.6 Å². The van der Waals surface area contributed by atoms with Gasteiger partial charge < -0.3 is 10.2 Å². The van der Waals surface area contributed by atoms with E-state index < -0.39 is 0 Å². The van der Waals surface area contributed by atoms with Crippen LogP contribution in [0.15, 0.2) is 48.5 Å². The number of benzene rings is 2. The fourth-order valence-electron chi connectivity index (χ4n) is 3.64. The lowest BCUT2D eigenvalue weighted by molar-refractivity contribution is 0.0639. The number of imide groups is 1. The van der Waals surface area contributed by atoms with Crippen molar-refractivity contribution < 1.29 is 14.4 Å². The van der Waals surface area contributed by atoms with Crippen LogP contribution in [0.25, 0.3) is 0 Å². The van der Waals surface area contributed by atoms with E-state index in [0.29, 0.717) is 23.2 Å². The van der Waals surface area contributed by atoms with Crippen molar-refractivity contribution in [2.45, 2.75) is 19.5 Å². The molecule has 1 saturated heterocycles. The molecule has 0 unspecified atom stereocenters. The molecule has 2 aromatic rings. The van der Waals surface area contributed by atoms with Crippen molar-refractivity contribution in [1.82, 2.24) is 15.1 Å². The summed E-state index contributed by atoms with van der Waals surface area (Å²) in [7, 11) is 0. The largest absolute Gasteiger partial charge is 0.333 e. The SMILES string of the molecule is C[C@H]1CNCCN1C(=O)c1ccc2c(c1)C(=O)N(Cc1ccccc1)C2=O.Cl. The maximum absolute atomic E-state index is 12.9. The van der Waals surface area contributed by atoms with Crippen LogP contribution in [0, 0.1) is 0 Å². The molecule has 2 aromatic carbocycles. The molecule has 6 nitrogen and oxygen atoms in total. The normalized spacial score (nSPS) is 18.7. The standard InChI is InChI=1S/C21H21N3O3.ClH/c1-14-12-22-9-10-23(14)19(25)16-7-8-17-18(11-16)21(27)24(20(17)26)13-15-5-3-2-4-6-15;/h2-8,11,14,22H,9-10,12-13H2,1H3;1H/t14-;/m0./s1. The number of carbonyl (C=O) groups excluding carboxylic acids is 3. The summed E-state index contributed by atoms with van der Waals surface area (Å²) < 4.78 is 0. The minimum absolute atomic E-state index is 0. The van der Waals surface area contributed by atoms with E-state index >= 15 is 0 Å². The highest BCUT2D eigenvalue weighted by molar-refractivity contribution is 6.22. The second-order valence-corrected chi connectivity index (χ2v) is 6.99. The van der Waals surface area contributed by atoms with Crippen molar-refractivity contribution in [3.05, 3.63) is 70.8 Å². The van der Waals surface area contributed by atoms with Crippen LogP contribution < -0.4 is 5.32 Å². The maximum atomic E-state index is 12.9. The molecular formula is C21H22ClN3O3. The maximum Gasteiger partial charge on any atom is 0.261 e. The predicted molar refractivity (Wildman–Crippen MR) is 108 cm³/mol. The Balaban J connectivity index is 0.00000225. The van der Waals surface area contributed by atoms with Crippen LogP contribution in [0.1, 0.15) is 43.6 Å². The van der Waals surface area contributed by atoms with E-state index in [9.17, 15) is 14.4 Å². The zero-order valence-electron chi connectivity index (χ0n) is 15.6. The van der Waals surface area contributed by atoms with Gasteiger partial charge in [0, 0.05) is 31.2 Å². The van der Waals surface area contributed by atoms with E-state index in [1.165, 1.54) is 4.90 Å². The molecule has 1 N–H and O–H groups in total. The predicted octanol–water partition coefficient (Wildman–Crippen LogP) is 2.34. The van der Waals surface area contributed by atoms with Gasteiger partial charge in [-0.1, -0.05) is 30.3 Å². The van der Waals surface area contributed by atoms with Gasteiger partial charge >= 0.3 is 0 Å². The molecule has 0 aromatic heterocycles. The number of nitrogens with zero attached hydrogens (tertiary/aromatic N) is 2. The van der Waals surface area contributed by atoms with E-state index in [4.69, 9.17) is 0 Å². The number of amides is 3. The average molecular weight is 400 g/mol. The molecule has 1 fully saturated rings. The third-order valence-electron chi connectivity index (χ3n) is 5.16. The van der Waals surface area contributed by atoms with Gasteiger partial charge in [-0.3, -0.25) is 19.3 Å². The molecule has 0 spiro atoms. The van der Waals surface area contributed by atoms with E-state index in [2.05, 4.69) is 5.32 Å². The van der Waals surface area contributed by atoms with Gasteiger partial charge in [-0.2, -0.15) is 0 Å². The third-order valence-corrected chi connectivity index (χ3v) is 5.16. The second-order valence-electron chi connectivity index (χ2n) is 6.99. The Kier molecular flexibility index (Phi) is 5.82. The van der Waals surface area contributed by atoms with Crippen molar-refractivity contribution in [3.8, 4) is 0 Å². The average Bonchev–Trinajstić information content (AvgIpc) is 2.93. The first-order valence-corrected chi connectivity index (χ1v) is 9.12. The molecule has 0 bridgehead atoms. The molecule has 0 saturated carbocycles. The topological polar surface area (TPSA) is 69.7 Å². The van der Waals surface area contributed by atoms with Crippen LogP contribution in [0.4, 0.5) is 0 Å². The molecule has 4 rings (SSSR count). The molecule has 3 amide bonds. The Morgan fingerprint density at radius 1 is 1.07 bits per heavy atom. The lowest BCUT2D eigenvalue weighted by Crippen LogP contribution is -2.52. The fourth-order valence-corrected chi connectivity index (χ4v) is 3.64. The summed E-state index contributed by atoms with van der Waals surface area (Å²) in [6.07, 6.45) is 0. The van der Waals surface area contributed by atoms with Crippen LogP contribution >= 0.6 is 12.4 Å². The molecule has 0 aliphatic carbocycles. The van der Waals surface area contributed by atoms with Gasteiger partial charge in [0.2, 0.25) is 0 Å². The monoisotopic (exact) mass is 399 g/mol. The summed E-state index contributed by atoms with van der Waals surface area (Å²) in [4.78, 5) is 41.3. The number of hydrogen-bond acceptors (Lipinski definition) is 4. The summed E-state index contributed by atoms with van der Waals surface area (Å²) in [6, 6.07) is 14.3. The van der Waals surface area contributed by atoms with Crippen LogP contribution in [0.2, 0.25) is 0 Å². The van der Waals surface area contributed by atoms with Crippen LogP contribution in [0.3, 0.4) is 0 Å². The summed E-state index contributed by atoms with van der Waals surface area (Å²) >= 11 is 0. The lowest BCUT2D eigenvalue weighted by atomic mass is 10.0. The molecular weight excluding hydrogens is 378 g/mol. The highest BCUT2D eigenvalue weighted by Crippen LogP contribution is 2.26. The summed E-state index contributed by atoms with van der Waals surface area (Å²) in [5, 5.41) is 3.25. The van der Waals surface area contributed by atoms with Gasteiger partial charge in [-0.25, -0.2) is 0 Å². The lowest BCUT2D eigenvalue weighted by Gasteiger charge is -2.34.